The molecule has 0 bridgehead atoms. The summed E-state index contributed by atoms with van der Waals surface area (Å²) in [6.45, 7) is 0. The fourth-order valence-corrected chi connectivity index (χ4v) is 0.750. The summed E-state index contributed by atoms with van der Waals surface area (Å²) in [7, 11) is 6.74. The van der Waals surface area contributed by atoms with E-state index in [-0.39, 0.29) is 5.48 Å². The predicted molar refractivity (Wildman–Crippen MR) is 34.0 cm³/mol. The Balaban J connectivity index is 0. The third-order valence-electron chi connectivity index (χ3n) is 0.604. The molecule has 0 aliphatic rings. The highest BCUT2D eigenvalue weighted by molar-refractivity contribution is 6.09. The highest BCUT2D eigenvalue weighted by Gasteiger charge is 1.75. The van der Waals surface area contributed by atoms with Crippen molar-refractivity contribution < 1.29 is 5.48 Å². The van der Waals surface area contributed by atoms with Crippen LogP contribution in [0.2, 0.25) is 12.1 Å². The average Bonchev–Trinajstić information content (AvgIpc) is 1.61. The minimum absolute atomic E-state index is 0. The Morgan fingerprint density at radius 3 is 1.29 bits per heavy atom. The first-order valence-electron chi connectivity index (χ1n) is 2.21. The molecule has 2 N–H and O–H groups in total. The van der Waals surface area contributed by atoms with Gasteiger partial charge in [0.2, 0.25) is 0 Å². The predicted octanol–water partition coefficient (Wildman–Crippen LogP) is 0.115. The summed E-state index contributed by atoms with van der Waals surface area (Å²) >= 11 is 0. The summed E-state index contributed by atoms with van der Waals surface area (Å²) in [5.74, 6) is 0. The van der Waals surface area contributed by atoms with Crippen LogP contribution in [-0.2, 0) is 0 Å². The zero-order chi connectivity index (χ0) is 4.83. The summed E-state index contributed by atoms with van der Waals surface area (Å²) in [5.41, 5.74) is 0. The number of unbranched alkanes of at least 4 members (excludes halogenated alkanes) is 1. The molecule has 0 aliphatic heterocycles. The van der Waals surface area contributed by atoms with Gasteiger partial charge in [0.25, 0.3) is 0 Å². The second kappa shape index (κ2) is 9.64. The minimum Gasteiger partial charge on any atom is -0.412 e. The smallest absolute Gasteiger partial charge is 0.0222 e. The molecule has 0 saturated carbocycles. The molecule has 0 spiro atoms. The first-order valence-corrected chi connectivity index (χ1v) is 3.62. The maximum Gasteiger partial charge on any atom is 0.0222 e. The number of hydrogen-bond donors (Lipinski definition) is 0. The highest BCUT2D eigenvalue weighted by atomic mass is 28.1. The van der Waals surface area contributed by atoms with Gasteiger partial charge in [-0.05, 0) is 0 Å². The molecule has 0 rings (SSSR count). The summed E-state index contributed by atoms with van der Waals surface area (Å²) < 4.78 is 0. The standard InChI is InChI=1S/C4H8Si2.H2O/c5-3-1-2-4-6;/h1-4H2;1H2. The SMILES string of the molecule is O.[Si]CCCC[Si]. The van der Waals surface area contributed by atoms with Crippen LogP contribution in [-0.4, -0.2) is 26.0 Å². The van der Waals surface area contributed by atoms with Gasteiger partial charge in [-0.15, -0.1) is 0 Å². The van der Waals surface area contributed by atoms with Gasteiger partial charge in [-0.1, -0.05) is 24.9 Å². The first-order chi connectivity index (χ1) is 2.91. The van der Waals surface area contributed by atoms with Crippen molar-refractivity contribution in [3.05, 3.63) is 0 Å². The average molecular weight is 130 g/mol. The molecule has 0 atom stereocenters. The van der Waals surface area contributed by atoms with Crippen molar-refractivity contribution in [1.29, 1.82) is 0 Å². The molecule has 1 nitrogen and oxygen atoms in total. The second-order valence-corrected chi connectivity index (χ2v) is 2.21. The molecule has 6 radical (unpaired) electrons. The minimum atomic E-state index is 0. The summed E-state index contributed by atoms with van der Waals surface area (Å²) in [4.78, 5) is 0. The Hall–Kier alpha value is 0.394. The monoisotopic (exact) mass is 130 g/mol. The largest absolute Gasteiger partial charge is 0.412 e. The van der Waals surface area contributed by atoms with Crippen molar-refractivity contribution in [1.82, 2.24) is 0 Å². The van der Waals surface area contributed by atoms with Crippen LogP contribution in [0.4, 0.5) is 0 Å². The van der Waals surface area contributed by atoms with Gasteiger partial charge in [-0.2, -0.15) is 0 Å². The molecule has 3 heteroatoms. The van der Waals surface area contributed by atoms with E-state index in [0.29, 0.717) is 0 Å². The fourth-order valence-electron chi connectivity index (χ4n) is 0.250. The quantitative estimate of drug-likeness (QED) is 0.384. The van der Waals surface area contributed by atoms with Crippen molar-refractivity contribution in [2.75, 3.05) is 0 Å². The molecular formula is C4H10OSi2. The van der Waals surface area contributed by atoms with Gasteiger partial charge in [-0.25, -0.2) is 0 Å². The lowest BCUT2D eigenvalue weighted by Gasteiger charge is -1.85. The van der Waals surface area contributed by atoms with Crippen LogP contribution < -0.4 is 0 Å². The van der Waals surface area contributed by atoms with Crippen molar-refractivity contribution in [3.63, 3.8) is 0 Å². The number of hydrogen-bond acceptors (Lipinski definition) is 0. The van der Waals surface area contributed by atoms with E-state index in [1.165, 1.54) is 12.8 Å². The van der Waals surface area contributed by atoms with Crippen LogP contribution >= 0.6 is 0 Å². The van der Waals surface area contributed by atoms with Gasteiger partial charge in [0.15, 0.2) is 0 Å². The van der Waals surface area contributed by atoms with E-state index in [4.69, 9.17) is 0 Å². The second-order valence-electron chi connectivity index (χ2n) is 1.21. The van der Waals surface area contributed by atoms with Crippen LogP contribution in [0.1, 0.15) is 12.8 Å². The van der Waals surface area contributed by atoms with E-state index < -0.39 is 0 Å². The van der Waals surface area contributed by atoms with E-state index in [0.717, 1.165) is 12.1 Å². The molecule has 40 valence electrons. The Morgan fingerprint density at radius 2 is 1.14 bits per heavy atom. The molecule has 0 unspecified atom stereocenters. The van der Waals surface area contributed by atoms with E-state index in [1.54, 1.807) is 0 Å². The van der Waals surface area contributed by atoms with E-state index >= 15 is 0 Å². The highest BCUT2D eigenvalue weighted by Crippen LogP contribution is 1.93. The summed E-state index contributed by atoms with van der Waals surface area (Å²) in [6.07, 6.45) is 2.56. The van der Waals surface area contributed by atoms with E-state index in [2.05, 4.69) is 20.5 Å². The number of rotatable bonds is 3. The molecule has 0 aromatic rings. The molecular weight excluding hydrogens is 120 g/mol. The van der Waals surface area contributed by atoms with Gasteiger partial charge in [0, 0.05) is 20.5 Å². The van der Waals surface area contributed by atoms with Gasteiger partial charge in [0.1, 0.15) is 0 Å². The Bertz CT molecular complexity index is 21.7. The summed E-state index contributed by atoms with van der Waals surface area (Å²) in [6, 6.07) is 2.26. The van der Waals surface area contributed by atoms with Crippen LogP contribution in [0.15, 0.2) is 0 Å². The Kier molecular flexibility index (Phi) is 14.3. The third-order valence-corrected chi connectivity index (χ3v) is 1.31. The lowest BCUT2D eigenvalue weighted by atomic mass is 10.4. The fraction of sp³-hybridized carbons (Fsp3) is 1.00. The molecule has 0 saturated heterocycles. The van der Waals surface area contributed by atoms with Crippen LogP contribution in [0.5, 0.6) is 0 Å². The van der Waals surface area contributed by atoms with Gasteiger partial charge in [-0.3, -0.25) is 0 Å². The molecule has 0 fully saturated rings. The maximum atomic E-state index is 3.37. The van der Waals surface area contributed by atoms with E-state index in [9.17, 15) is 0 Å². The first kappa shape index (κ1) is 10.4. The van der Waals surface area contributed by atoms with Gasteiger partial charge < -0.3 is 5.48 Å². The molecule has 0 aliphatic carbocycles. The zero-order valence-electron chi connectivity index (χ0n) is 4.33. The molecule has 0 amide bonds. The van der Waals surface area contributed by atoms with E-state index in [1.807, 2.05) is 0 Å². The zero-order valence-corrected chi connectivity index (χ0v) is 6.33. The van der Waals surface area contributed by atoms with Crippen LogP contribution in [0, 0.1) is 0 Å². The maximum absolute atomic E-state index is 3.37. The summed E-state index contributed by atoms with van der Waals surface area (Å²) in [5, 5.41) is 0. The van der Waals surface area contributed by atoms with Crippen LogP contribution in [0.3, 0.4) is 0 Å². The van der Waals surface area contributed by atoms with Crippen LogP contribution in [0.25, 0.3) is 0 Å². The van der Waals surface area contributed by atoms with Crippen molar-refractivity contribution in [2.45, 2.75) is 24.9 Å². The van der Waals surface area contributed by atoms with Crippen molar-refractivity contribution in [2.24, 2.45) is 0 Å². The van der Waals surface area contributed by atoms with Crippen molar-refractivity contribution >= 4 is 20.5 Å². The molecule has 0 heterocycles. The normalized spacial score (nSPS) is 7.71. The van der Waals surface area contributed by atoms with Gasteiger partial charge >= 0.3 is 0 Å². The topological polar surface area (TPSA) is 31.5 Å². The molecule has 0 aromatic heterocycles. The third kappa shape index (κ3) is 10.7. The lowest BCUT2D eigenvalue weighted by Crippen LogP contribution is -1.71. The van der Waals surface area contributed by atoms with Gasteiger partial charge in [0.05, 0.1) is 0 Å². The Labute approximate surface area is 51.7 Å². The molecule has 0 aromatic carbocycles. The Morgan fingerprint density at radius 1 is 0.857 bits per heavy atom. The van der Waals surface area contributed by atoms with Crippen molar-refractivity contribution in [3.8, 4) is 0 Å². The molecule has 7 heavy (non-hydrogen) atoms. The lowest BCUT2D eigenvalue weighted by molar-refractivity contribution is 0.824.